The van der Waals surface area contributed by atoms with Gasteiger partial charge in [-0.1, -0.05) is 54.6 Å². The van der Waals surface area contributed by atoms with Crippen molar-refractivity contribution in [2.24, 2.45) is 0 Å². The van der Waals surface area contributed by atoms with Gasteiger partial charge in [-0.05, 0) is 29.1 Å². The van der Waals surface area contributed by atoms with Crippen LogP contribution in [0.3, 0.4) is 0 Å². The highest BCUT2D eigenvalue weighted by molar-refractivity contribution is 7.09. The number of para-hydroxylation sites is 1. The summed E-state index contributed by atoms with van der Waals surface area (Å²) < 4.78 is 2.41. The molecule has 102 valence electrons. The number of rotatable bonds is 3. The average molecular weight is 289 g/mol. The van der Waals surface area contributed by atoms with Crippen molar-refractivity contribution in [3.8, 4) is 11.3 Å². The van der Waals surface area contributed by atoms with Gasteiger partial charge in [-0.2, -0.15) is 0 Å². The lowest BCUT2D eigenvalue weighted by atomic mass is 10.1. The molecule has 2 heteroatoms. The summed E-state index contributed by atoms with van der Waals surface area (Å²) in [6.07, 6.45) is 0. The van der Waals surface area contributed by atoms with Gasteiger partial charge in [0.1, 0.15) is 0 Å². The second-order valence-electron chi connectivity index (χ2n) is 5.12. The number of thiophene rings is 1. The summed E-state index contributed by atoms with van der Waals surface area (Å²) in [4.78, 5) is 1.38. The van der Waals surface area contributed by atoms with Crippen molar-refractivity contribution >= 4 is 22.2 Å². The standard InChI is InChI=1S/C19H15NS/c1-2-7-15(8-3-1)19-13-16-9-4-5-11-18(16)20(19)14-17-10-6-12-21-17/h1-13H,14H2. The molecule has 0 bridgehead atoms. The topological polar surface area (TPSA) is 4.93 Å². The molecule has 0 atom stereocenters. The maximum Gasteiger partial charge on any atom is 0.0575 e. The number of nitrogens with zero attached hydrogens (tertiary/aromatic N) is 1. The Bertz CT molecular complexity index is 857. The summed E-state index contributed by atoms with van der Waals surface area (Å²) >= 11 is 1.81. The van der Waals surface area contributed by atoms with Gasteiger partial charge in [-0.15, -0.1) is 11.3 Å². The van der Waals surface area contributed by atoms with Crippen LogP contribution >= 0.6 is 11.3 Å². The number of hydrogen-bond acceptors (Lipinski definition) is 1. The minimum atomic E-state index is 0.926. The number of benzene rings is 2. The molecule has 4 aromatic rings. The highest BCUT2D eigenvalue weighted by atomic mass is 32.1. The Morgan fingerprint density at radius 3 is 2.43 bits per heavy atom. The molecule has 1 nitrogen and oxygen atoms in total. The maximum absolute atomic E-state index is 2.41. The van der Waals surface area contributed by atoms with E-state index in [-0.39, 0.29) is 0 Å². The van der Waals surface area contributed by atoms with Crippen molar-refractivity contribution in [3.63, 3.8) is 0 Å². The van der Waals surface area contributed by atoms with Gasteiger partial charge < -0.3 is 4.57 Å². The highest BCUT2D eigenvalue weighted by Crippen LogP contribution is 2.29. The van der Waals surface area contributed by atoms with E-state index in [0.29, 0.717) is 0 Å². The monoisotopic (exact) mass is 289 g/mol. The first-order valence-corrected chi connectivity index (χ1v) is 7.96. The Morgan fingerprint density at radius 2 is 1.62 bits per heavy atom. The zero-order valence-corrected chi connectivity index (χ0v) is 12.4. The van der Waals surface area contributed by atoms with Crippen LogP contribution in [0.4, 0.5) is 0 Å². The molecule has 4 rings (SSSR count). The Kier molecular flexibility index (Phi) is 3.09. The van der Waals surface area contributed by atoms with Gasteiger partial charge in [0.15, 0.2) is 0 Å². The fraction of sp³-hybridized carbons (Fsp3) is 0.0526. The van der Waals surface area contributed by atoms with Crippen LogP contribution in [0, 0.1) is 0 Å². The molecule has 0 saturated heterocycles. The second kappa shape index (κ2) is 5.23. The van der Waals surface area contributed by atoms with E-state index in [2.05, 4.69) is 82.7 Å². The summed E-state index contributed by atoms with van der Waals surface area (Å²) in [5.74, 6) is 0. The summed E-state index contributed by atoms with van der Waals surface area (Å²) in [6, 6.07) is 25.8. The van der Waals surface area contributed by atoms with E-state index in [1.54, 1.807) is 0 Å². The number of aromatic nitrogens is 1. The van der Waals surface area contributed by atoms with E-state index in [4.69, 9.17) is 0 Å². The predicted octanol–water partition coefficient (Wildman–Crippen LogP) is 5.42. The predicted molar refractivity (Wildman–Crippen MR) is 90.8 cm³/mol. The molecule has 0 saturated carbocycles. The van der Waals surface area contributed by atoms with Gasteiger partial charge in [0.2, 0.25) is 0 Å². The molecule has 0 aliphatic carbocycles. The van der Waals surface area contributed by atoms with Crippen LogP contribution in [0.15, 0.2) is 78.2 Å². The molecular formula is C19H15NS. The lowest BCUT2D eigenvalue weighted by Gasteiger charge is -2.10. The van der Waals surface area contributed by atoms with Crippen LogP contribution in [-0.4, -0.2) is 4.57 Å². The SMILES string of the molecule is c1ccc(-c2cc3ccccc3n2Cc2cccs2)cc1. The second-order valence-corrected chi connectivity index (χ2v) is 6.15. The normalized spacial score (nSPS) is 11.0. The smallest absolute Gasteiger partial charge is 0.0575 e. The molecule has 0 fully saturated rings. The minimum absolute atomic E-state index is 0.926. The Balaban J connectivity index is 1.93. The number of hydrogen-bond donors (Lipinski definition) is 0. The average Bonchev–Trinajstić information content (AvgIpc) is 3.17. The first-order chi connectivity index (χ1) is 10.4. The fourth-order valence-corrected chi connectivity index (χ4v) is 3.48. The third kappa shape index (κ3) is 2.28. The molecule has 0 aliphatic heterocycles. The van der Waals surface area contributed by atoms with E-state index in [1.165, 1.54) is 27.0 Å². The van der Waals surface area contributed by atoms with Gasteiger partial charge in [0.25, 0.3) is 0 Å². The molecule has 0 N–H and O–H groups in total. The minimum Gasteiger partial charge on any atom is -0.335 e. The Hall–Kier alpha value is -2.32. The molecule has 2 heterocycles. The molecule has 2 aromatic heterocycles. The molecule has 0 spiro atoms. The largest absolute Gasteiger partial charge is 0.335 e. The van der Waals surface area contributed by atoms with E-state index < -0.39 is 0 Å². The van der Waals surface area contributed by atoms with Crippen LogP contribution in [0.25, 0.3) is 22.2 Å². The zero-order valence-electron chi connectivity index (χ0n) is 11.6. The fourth-order valence-electron chi connectivity index (χ4n) is 2.79. The van der Waals surface area contributed by atoms with Crippen molar-refractivity contribution in [1.82, 2.24) is 4.57 Å². The maximum atomic E-state index is 2.41. The van der Waals surface area contributed by atoms with Crippen molar-refractivity contribution in [1.29, 1.82) is 0 Å². The molecule has 0 radical (unpaired) electrons. The van der Waals surface area contributed by atoms with E-state index >= 15 is 0 Å². The van der Waals surface area contributed by atoms with Gasteiger partial charge in [-0.3, -0.25) is 0 Å². The first kappa shape index (κ1) is 12.4. The highest BCUT2D eigenvalue weighted by Gasteiger charge is 2.10. The number of fused-ring (bicyclic) bond motifs is 1. The lowest BCUT2D eigenvalue weighted by molar-refractivity contribution is 0.860. The first-order valence-electron chi connectivity index (χ1n) is 7.08. The van der Waals surface area contributed by atoms with E-state index in [1.807, 2.05) is 11.3 Å². The summed E-state index contributed by atoms with van der Waals surface area (Å²) in [6.45, 7) is 0.926. The Labute approximate surface area is 128 Å². The summed E-state index contributed by atoms with van der Waals surface area (Å²) in [5.41, 5.74) is 3.85. The third-order valence-electron chi connectivity index (χ3n) is 3.77. The summed E-state index contributed by atoms with van der Waals surface area (Å²) in [5, 5.41) is 3.44. The van der Waals surface area contributed by atoms with Crippen LogP contribution < -0.4 is 0 Å². The molecule has 0 amide bonds. The van der Waals surface area contributed by atoms with Crippen molar-refractivity contribution < 1.29 is 0 Å². The quantitative estimate of drug-likeness (QED) is 0.474. The van der Waals surface area contributed by atoms with Gasteiger partial charge >= 0.3 is 0 Å². The van der Waals surface area contributed by atoms with Gasteiger partial charge in [0.05, 0.1) is 6.54 Å². The van der Waals surface area contributed by atoms with Crippen molar-refractivity contribution in [2.45, 2.75) is 6.54 Å². The van der Waals surface area contributed by atoms with Gasteiger partial charge in [-0.25, -0.2) is 0 Å². The molecule has 0 aliphatic rings. The molecule has 2 aromatic carbocycles. The lowest BCUT2D eigenvalue weighted by Crippen LogP contribution is -1.99. The van der Waals surface area contributed by atoms with E-state index in [0.717, 1.165) is 6.54 Å². The van der Waals surface area contributed by atoms with Crippen LogP contribution in [0.1, 0.15) is 4.88 Å². The zero-order chi connectivity index (χ0) is 14.1. The van der Waals surface area contributed by atoms with E-state index in [9.17, 15) is 0 Å². The molecule has 0 unspecified atom stereocenters. The van der Waals surface area contributed by atoms with Crippen LogP contribution in [0.5, 0.6) is 0 Å². The third-order valence-corrected chi connectivity index (χ3v) is 4.64. The van der Waals surface area contributed by atoms with Crippen molar-refractivity contribution in [2.75, 3.05) is 0 Å². The Morgan fingerprint density at radius 1 is 0.810 bits per heavy atom. The van der Waals surface area contributed by atoms with Crippen molar-refractivity contribution in [3.05, 3.63) is 83.1 Å². The van der Waals surface area contributed by atoms with Crippen LogP contribution in [-0.2, 0) is 6.54 Å². The van der Waals surface area contributed by atoms with Gasteiger partial charge in [0, 0.05) is 21.5 Å². The summed E-state index contributed by atoms with van der Waals surface area (Å²) in [7, 11) is 0. The molecule has 21 heavy (non-hydrogen) atoms. The van der Waals surface area contributed by atoms with Crippen LogP contribution in [0.2, 0.25) is 0 Å². The molecular weight excluding hydrogens is 274 g/mol.